The van der Waals surface area contributed by atoms with Gasteiger partial charge < -0.3 is 19.2 Å². The van der Waals surface area contributed by atoms with Crippen molar-refractivity contribution in [2.75, 3.05) is 20.2 Å². The van der Waals surface area contributed by atoms with E-state index >= 15 is 0 Å². The van der Waals surface area contributed by atoms with E-state index in [1.54, 1.807) is 24.3 Å². The van der Waals surface area contributed by atoms with Crippen LogP contribution in [-0.4, -0.2) is 51.9 Å². The lowest BCUT2D eigenvalue weighted by Gasteiger charge is -2.32. The smallest absolute Gasteiger partial charge is 0.338 e. The van der Waals surface area contributed by atoms with Gasteiger partial charge in [0, 0.05) is 36.3 Å². The van der Waals surface area contributed by atoms with Gasteiger partial charge >= 0.3 is 5.97 Å². The van der Waals surface area contributed by atoms with E-state index in [4.69, 9.17) is 14.3 Å². The number of carbonyl (C=O) groups is 2. The number of nitrogens with zero attached hydrogens (tertiary/aromatic N) is 3. The summed E-state index contributed by atoms with van der Waals surface area (Å²) in [6.07, 6.45) is 6.32. The van der Waals surface area contributed by atoms with Gasteiger partial charge in [-0.25, -0.2) is 4.79 Å². The number of hydrogen-bond acceptors (Lipinski definition) is 5. The highest BCUT2D eigenvalue weighted by Crippen LogP contribution is 2.27. The van der Waals surface area contributed by atoms with Gasteiger partial charge in [0.15, 0.2) is 0 Å². The van der Waals surface area contributed by atoms with Gasteiger partial charge in [0.25, 0.3) is 0 Å². The molecule has 4 rings (SSSR count). The number of aromatic nitrogens is 2. The monoisotopic (exact) mass is 383 g/mol. The number of piperidine rings is 1. The number of rotatable bonds is 5. The van der Waals surface area contributed by atoms with Crippen molar-refractivity contribution in [2.24, 2.45) is 0 Å². The third-order valence-electron chi connectivity index (χ3n) is 5.24. The summed E-state index contributed by atoms with van der Waals surface area (Å²) in [7, 11) is 1.60. The average molecular weight is 383 g/mol. The van der Waals surface area contributed by atoms with E-state index in [1.165, 1.54) is 6.20 Å². The molecular weight excluding hydrogens is 362 g/mol. The van der Waals surface area contributed by atoms with E-state index in [0.29, 0.717) is 24.4 Å². The Balaban J connectivity index is 1.38. The van der Waals surface area contributed by atoms with Crippen LogP contribution in [0.25, 0.3) is 11.0 Å². The Hall–Kier alpha value is -3.29. The third-order valence-corrected chi connectivity index (χ3v) is 5.24. The molecule has 1 aliphatic heterocycles. The molecule has 0 radical (unpaired) electrons. The van der Waals surface area contributed by atoms with E-state index in [1.807, 2.05) is 23.1 Å². The van der Waals surface area contributed by atoms with Crippen molar-refractivity contribution < 1.29 is 23.8 Å². The number of carboxylic acids is 1. The van der Waals surface area contributed by atoms with Crippen LogP contribution in [0.5, 0.6) is 5.75 Å². The highest BCUT2D eigenvalue weighted by molar-refractivity contribution is 5.88. The normalized spacial score (nSPS) is 15.1. The lowest BCUT2D eigenvalue weighted by molar-refractivity contribution is -0.131. The molecule has 1 fully saturated rings. The Bertz CT molecular complexity index is 1010. The predicted octanol–water partition coefficient (Wildman–Crippen LogP) is 2.74. The molecule has 1 aromatic carbocycles. The zero-order valence-electron chi connectivity index (χ0n) is 15.5. The second-order valence-electron chi connectivity index (χ2n) is 6.93. The molecule has 3 aromatic rings. The quantitative estimate of drug-likeness (QED) is 0.727. The first kappa shape index (κ1) is 18.1. The van der Waals surface area contributed by atoms with Gasteiger partial charge in [-0.05, 0) is 25.0 Å². The second kappa shape index (κ2) is 7.38. The largest absolute Gasteiger partial charge is 0.497 e. The molecule has 1 N–H and O–H groups in total. The van der Waals surface area contributed by atoms with Gasteiger partial charge in [-0.2, -0.15) is 5.10 Å². The highest BCUT2D eigenvalue weighted by atomic mass is 16.5. The fourth-order valence-corrected chi connectivity index (χ4v) is 3.63. The second-order valence-corrected chi connectivity index (χ2v) is 6.93. The molecule has 0 spiro atoms. The summed E-state index contributed by atoms with van der Waals surface area (Å²) in [6, 6.07) is 5.68. The van der Waals surface area contributed by atoms with Crippen LogP contribution in [0.4, 0.5) is 0 Å². The fourth-order valence-electron chi connectivity index (χ4n) is 3.63. The van der Waals surface area contributed by atoms with Gasteiger partial charge in [-0.1, -0.05) is 0 Å². The maximum atomic E-state index is 12.7. The van der Waals surface area contributed by atoms with Crippen LogP contribution in [-0.2, 0) is 11.2 Å². The predicted molar refractivity (Wildman–Crippen MR) is 101 cm³/mol. The molecule has 1 aliphatic rings. The molecule has 0 atom stereocenters. The average Bonchev–Trinajstić information content (AvgIpc) is 3.35. The van der Waals surface area contributed by atoms with Crippen LogP contribution in [0.15, 0.2) is 41.3 Å². The van der Waals surface area contributed by atoms with Gasteiger partial charge in [-0.3, -0.25) is 9.48 Å². The number of carbonyl (C=O) groups excluding carboxylic acids is 1. The topological polar surface area (TPSA) is 97.8 Å². The summed E-state index contributed by atoms with van der Waals surface area (Å²) < 4.78 is 12.5. The molecule has 28 heavy (non-hydrogen) atoms. The summed E-state index contributed by atoms with van der Waals surface area (Å²) in [5, 5.41) is 14.1. The number of fused-ring (bicyclic) bond motifs is 1. The van der Waals surface area contributed by atoms with Crippen molar-refractivity contribution in [3.8, 4) is 5.75 Å². The molecule has 1 amide bonds. The number of benzene rings is 1. The Morgan fingerprint density at radius 2 is 2.11 bits per heavy atom. The summed E-state index contributed by atoms with van der Waals surface area (Å²) >= 11 is 0. The van der Waals surface area contributed by atoms with Crippen LogP contribution < -0.4 is 4.74 Å². The van der Waals surface area contributed by atoms with Crippen LogP contribution in [0, 0.1) is 0 Å². The maximum absolute atomic E-state index is 12.7. The van der Waals surface area contributed by atoms with E-state index in [9.17, 15) is 9.59 Å². The number of carboxylic acid groups (broad SMARTS) is 1. The Labute approximate surface area is 161 Å². The molecule has 0 bridgehead atoms. The molecule has 3 heterocycles. The summed E-state index contributed by atoms with van der Waals surface area (Å²) in [5.41, 5.74) is 1.75. The number of furan rings is 1. The minimum atomic E-state index is -0.983. The van der Waals surface area contributed by atoms with E-state index in [-0.39, 0.29) is 23.9 Å². The van der Waals surface area contributed by atoms with Crippen molar-refractivity contribution in [3.63, 3.8) is 0 Å². The van der Waals surface area contributed by atoms with Gasteiger partial charge in [-0.15, -0.1) is 0 Å². The minimum absolute atomic E-state index is 0.0589. The standard InChI is InChI=1S/C20H21N3O5/c1-27-16-2-3-17-13(12-28-18(17)9-16)8-19(24)22-6-4-15(5-7-22)23-11-14(10-21-23)20(25)26/h2-3,9-12,15H,4-8H2,1H3,(H,25,26). The first-order valence-electron chi connectivity index (χ1n) is 9.14. The molecule has 2 aromatic heterocycles. The first-order chi connectivity index (χ1) is 13.5. The Kier molecular flexibility index (Phi) is 4.77. The summed E-state index contributed by atoms with van der Waals surface area (Å²) in [5.74, 6) is -0.209. The zero-order valence-corrected chi connectivity index (χ0v) is 15.5. The number of likely N-dealkylation sites (tertiary alicyclic amines) is 1. The Morgan fingerprint density at radius 1 is 1.32 bits per heavy atom. The Morgan fingerprint density at radius 3 is 2.79 bits per heavy atom. The molecular formula is C20H21N3O5. The third kappa shape index (κ3) is 3.45. The minimum Gasteiger partial charge on any atom is -0.497 e. The molecule has 8 nitrogen and oxygen atoms in total. The number of aromatic carboxylic acids is 1. The number of hydrogen-bond donors (Lipinski definition) is 1. The van der Waals surface area contributed by atoms with Gasteiger partial charge in [0.2, 0.25) is 5.91 Å². The molecule has 146 valence electrons. The van der Waals surface area contributed by atoms with Gasteiger partial charge in [0.1, 0.15) is 11.3 Å². The lowest BCUT2D eigenvalue weighted by atomic mass is 10.0. The molecule has 8 heteroatoms. The lowest BCUT2D eigenvalue weighted by Crippen LogP contribution is -2.39. The molecule has 0 unspecified atom stereocenters. The van der Waals surface area contributed by atoms with Crippen LogP contribution >= 0.6 is 0 Å². The van der Waals surface area contributed by atoms with E-state index in [0.717, 1.165) is 23.8 Å². The van der Waals surface area contributed by atoms with E-state index < -0.39 is 5.97 Å². The maximum Gasteiger partial charge on any atom is 0.338 e. The SMILES string of the molecule is COc1ccc2c(CC(=O)N3CCC(n4cc(C(=O)O)cn4)CC3)coc2c1. The molecule has 0 aliphatic carbocycles. The summed E-state index contributed by atoms with van der Waals surface area (Å²) in [6.45, 7) is 1.24. The van der Waals surface area contributed by atoms with E-state index in [2.05, 4.69) is 5.10 Å². The molecule has 0 saturated carbocycles. The number of ether oxygens (including phenoxy) is 1. The van der Waals surface area contributed by atoms with Crippen LogP contribution in [0.2, 0.25) is 0 Å². The highest BCUT2D eigenvalue weighted by Gasteiger charge is 2.25. The van der Waals surface area contributed by atoms with Crippen molar-refractivity contribution in [3.05, 3.63) is 48.0 Å². The van der Waals surface area contributed by atoms with Crippen molar-refractivity contribution in [2.45, 2.75) is 25.3 Å². The fraction of sp³-hybridized carbons (Fsp3) is 0.350. The van der Waals surface area contributed by atoms with Crippen molar-refractivity contribution in [1.29, 1.82) is 0 Å². The number of methoxy groups -OCH3 is 1. The van der Waals surface area contributed by atoms with Crippen molar-refractivity contribution >= 4 is 22.8 Å². The first-order valence-corrected chi connectivity index (χ1v) is 9.14. The molecule has 1 saturated heterocycles. The zero-order chi connectivity index (χ0) is 19.7. The van der Waals surface area contributed by atoms with Gasteiger partial charge in [0.05, 0.1) is 37.6 Å². The van der Waals surface area contributed by atoms with Crippen LogP contribution in [0.1, 0.15) is 34.8 Å². The summed E-state index contributed by atoms with van der Waals surface area (Å²) in [4.78, 5) is 25.6. The number of amides is 1. The van der Waals surface area contributed by atoms with Crippen molar-refractivity contribution in [1.82, 2.24) is 14.7 Å². The van der Waals surface area contributed by atoms with Crippen LogP contribution in [0.3, 0.4) is 0 Å².